The van der Waals surface area contributed by atoms with Crippen LogP contribution in [0.15, 0.2) is 65.3 Å². The molecular weight excluding hydrogens is 318 g/mol. The van der Waals surface area contributed by atoms with E-state index in [0.29, 0.717) is 16.9 Å². The minimum absolute atomic E-state index is 0.0228. The van der Waals surface area contributed by atoms with Crippen LogP contribution in [0.5, 0.6) is 5.75 Å². The lowest BCUT2D eigenvalue weighted by Crippen LogP contribution is -2.06. The molecule has 0 bridgehead atoms. The number of hydrogen-bond donors (Lipinski definition) is 2. The van der Waals surface area contributed by atoms with Gasteiger partial charge in [-0.15, -0.1) is 0 Å². The molecule has 0 amide bonds. The molecule has 0 aliphatic carbocycles. The third-order valence-electron chi connectivity index (χ3n) is 2.76. The molecule has 0 spiro atoms. The molecule has 2 aromatic rings. The number of Topliss-reactive ketones (excluding diaryl/α,β-unsaturated/α-hetero) is 1. The van der Waals surface area contributed by atoms with E-state index in [2.05, 4.69) is 27.8 Å². The fraction of sp³-hybridized carbons (Fsp3) is 0.0625. The van der Waals surface area contributed by atoms with Crippen molar-refractivity contribution in [3.8, 4) is 5.75 Å². The first-order valence-electron chi connectivity index (χ1n) is 6.08. The van der Waals surface area contributed by atoms with E-state index in [4.69, 9.17) is 0 Å². The first-order valence-corrected chi connectivity index (χ1v) is 6.87. The molecule has 0 saturated heterocycles. The van der Waals surface area contributed by atoms with E-state index in [1.54, 1.807) is 36.4 Å². The SMILES string of the molecule is C=C(CC(=O)c1ccc(Br)cc1)Nc1ccccc1O. The van der Waals surface area contributed by atoms with Gasteiger partial charge in [0.2, 0.25) is 0 Å². The summed E-state index contributed by atoms with van der Waals surface area (Å²) >= 11 is 3.33. The second-order valence-electron chi connectivity index (χ2n) is 4.35. The highest BCUT2D eigenvalue weighted by molar-refractivity contribution is 9.10. The number of allylic oxidation sites excluding steroid dienone is 1. The van der Waals surface area contributed by atoms with Crippen LogP contribution in [0.4, 0.5) is 5.69 Å². The van der Waals surface area contributed by atoms with Gasteiger partial charge in [-0.25, -0.2) is 0 Å². The Hall–Kier alpha value is -2.07. The second-order valence-corrected chi connectivity index (χ2v) is 5.27. The number of phenols is 1. The minimum atomic E-state index is -0.0228. The standard InChI is InChI=1S/C16H14BrNO2/c1-11(18-14-4-2-3-5-15(14)19)10-16(20)12-6-8-13(17)9-7-12/h2-9,18-19H,1,10H2. The van der Waals surface area contributed by atoms with Gasteiger partial charge in [-0.2, -0.15) is 0 Å². The van der Waals surface area contributed by atoms with Gasteiger partial charge in [0.1, 0.15) is 5.75 Å². The first kappa shape index (κ1) is 14.3. The maximum atomic E-state index is 12.1. The Morgan fingerprint density at radius 2 is 1.80 bits per heavy atom. The van der Waals surface area contributed by atoms with Gasteiger partial charge < -0.3 is 10.4 Å². The molecule has 0 atom stereocenters. The molecule has 0 fully saturated rings. The van der Waals surface area contributed by atoms with E-state index in [0.717, 1.165) is 4.47 Å². The molecule has 3 nitrogen and oxygen atoms in total. The van der Waals surface area contributed by atoms with Gasteiger partial charge in [-0.3, -0.25) is 4.79 Å². The molecule has 2 rings (SSSR count). The van der Waals surface area contributed by atoms with Gasteiger partial charge in [-0.1, -0.05) is 46.8 Å². The third-order valence-corrected chi connectivity index (χ3v) is 3.28. The van der Waals surface area contributed by atoms with E-state index in [1.807, 2.05) is 12.1 Å². The Morgan fingerprint density at radius 3 is 2.45 bits per heavy atom. The zero-order valence-corrected chi connectivity index (χ0v) is 12.4. The number of halogens is 1. The Labute approximate surface area is 126 Å². The first-order chi connectivity index (χ1) is 9.56. The predicted octanol–water partition coefficient (Wildman–Crippen LogP) is 4.35. The van der Waals surface area contributed by atoms with Crippen LogP contribution in [0.2, 0.25) is 0 Å². The molecular formula is C16H14BrNO2. The largest absolute Gasteiger partial charge is 0.506 e. The van der Waals surface area contributed by atoms with Crippen LogP contribution in [-0.2, 0) is 0 Å². The van der Waals surface area contributed by atoms with Gasteiger partial charge in [0.25, 0.3) is 0 Å². The van der Waals surface area contributed by atoms with Crippen molar-refractivity contribution in [2.75, 3.05) is 5.32 Å². The summed E-state index contributed by atoms with van der Waals surface area (Å²) in [5.74, 6) is 0.107. The zero-order valence-electron chi connectivity index (χ0n) is 10.8. The van der Waals surface area contributed by atoms with Crippen molar-refractivity contribution >= 4 is 27.4 Å². The van der Waals surface area contributed by atoms with Crippen molar-refractivity contribution in [2.45, 2.75) is 6.42 Å². The van der Waals surface area contributed by atoms with Crippen LogP contribution < -0.4 is 5.32 Å². The van der Waals surface area contributed by atoms with Crippen LogP contribution in [0, 0.1) is 0 Å². The Morgan fingerprint density at radius 1 is 1.15 bits per heavy atom. The highest BCUT2D eigenvalue weighted by Crippen LogP contribution is 2.24. The van der Waals surface area contributed by atoms with Crippen molar-refractivity contribution in [3.05, 3.63) is 70.8 Å². The lowest BCUT2D eigenvalue weighted by Gasteiger charge is -2.10. The lowest BCUT2D eigenvalue weighted by atomic mass is 10.1. The Bertz CT molecular complexity index is 635. The number of nitrogens with one attached hydrogen (secondary N) is 1. The monoisotopic (exact) mass is 331 g/mol. The van der Waals surface area contributed by atoms with Crippen molar-refractivity contribution in [1.29, 1.82) is 0 Å². The topological polar surface area (TPSA) is 49.3 Å². The van der Waals surface area contributed by atoms with Gasteiger partial charge in [0.15, 0.2) is 5.78 Å². The van der Waals surface area contributed by atoms with Crippen LogP contribution >= 0.6 is 15.9 Å². The van der Waals surface area contributed by atoms with Crippen LogP contribution in [0.3, 0.4) is 0 Å². The molecule has 20 heavy (non-hydrogen) atoms. The highest BCUT2D eigenvalue weighted by atomic mass is 79.9. The molecule has 0 heterocycles. The molecule has 2 aromatic carbocycles. The van der Waals surface area contributed by atoms with Crippen molar-refractivity contribution in [2.24, 2.45) is 0 Å². The maximum Gasteiger partial charge on any atom is 0.168 e. The van der Waals surface area contributed by atoms with E-state index >= 15 is 0 Å². The van der Waals surface area contributed by atoms with Crippen LogP contribution in [0.25, 0.3) is 0 Å². The summed E-state index contributed by atoms with van der Waals surface area (Å²) in [4.78, 5) is 12.1. The summed E-state index contributed by atoms with van der Waals surface area (Å²) in [5, 5.41) is 12.6. The van der Waals surface area contributed by atoms with E-state index in [9.17, 15) is 9.90 Å². The third kappa shape index (κ3) is 3.71. The fourth-order valence-electron chi connectivity index (χ4n) is 1.75. The number of benzene rings is 2. The maximum absolute atomic E-state index is 12.1. The minimum Gasteiger partial charge on any atom is -0.506 e. The lowest BCUT2D eigenvalue weighted by molar-refractivity contribution is 0.0993. The molecule has 4 heteroatoms. The molecule has 102 valence electrons. The van der Waals surface area contributed by atoms with Gasteiger partial charge in [0, 0.05) is 15.7 Å². The fourth-order valence-corrected chi connectivity index (χ4v) is 2.01. The number of anilines is 1. The summed E-state index contributed by atoms with van der Waals surface area (Å²) in [6.45, 7) is 3.82. The zero-order chi connectivity index (χ0) is 14.5. The van der Waals surface area contributed by atoms with Crippen molar-refractivity contribution in [3.63, 3.8) is 0 Å². The van der Waals surface area contributed by atoms with Crippen molar-refractivity contribution < 1.29 is 9.90 Å². The smallest absolute Gasteiger partial charge is 0.168 e. The average molecular weight is 332 g/mol. The number of carbonyl (C=O) groups is 1. The van der Waals surface area contributed by atoms with Crippen molar-refractivity contribution in [1.82, 2.24) is 0 Å². The summed E-state index contributed by atoms with van der Waals surface area (Å²) in [7, 11) is 0. The average Bonchev–Trinajstić information content (AvgIpc) is 2.42. The quantitative estimate of drug-likeness (QED) is 0.632. The summed E-state index contributed by atoms with van der Waals surface area (Å²) < 4.78 is 0.931. The highest BCUT2D eigenvalue weighted by Gasteiger charge is 2.09. The molecule has 0 radical (unpaired) electrons. The van der Waals surface area contributed by atoms with Gasteiger partial charge in [0.05, 0.1) is 12.1 Å². The van der Waals surface area contributed by atoms with E-state index in [1.165, 1.54) is 0 Å². The second kappa shape index (κ2) is 6.39. The van der Waals surface area contributed by atoms with Crippen LogP contribution in [0.1, 0.15) is 16.8 Å². The number of para-hydroxylation sites is 2. The van der Waals surface area contributed by atoms with Crippen LogP contribution in [-0.4, -0.2) is 10.9 Å². The van der Waals surface area contributed by atoms with E-state index in [-0.39, 0.29) is 18.0 Å². The number of rotatable bonds is 5. The Balaban J connectivity index is 2.00. The number of hydrogen-bond acceptors (Lipinski definition) is 3. The molecule has 0 saturated carbocycles. The predicted molar refractivity (Wildman–Crippen MR) is 84.0 cm³/mol. The summed E-state index contributed by atoms with van der Waals surface area (Å²) in [6.07, 6.45) is 0.177. The normalized spacial score (nSPS) is 10.1. The number of carbonyl (C=O) groups excluding carboxylic acids is 1. The Kier molecular flexibility index (Phi) is 4.58. The number of ketones is 1. The van der Waals surface area contributed by atoms with Gasteiger partial charge in [-0.05, 0) is 24.3 Å². The summed E-state index contributed by atoms with van der Waals surface area (Å²) in [5.41, 5.74) is 1.72. The molecule has 2 N–H and O–H groups in total. The summed E-state index contributed by atoms with van der Waals surface area (Å²) in [6, 6.07) is 14.0. The van der Waals surface area contributed by atoms with Gasteiger partial charge >= 0.3 is 0 Å². The number of aromatic hydroxyl groups is 1. The molecule has 0 unspecified atom stereocenters. The molecule has 0 aliphatic rings. The van der Waals surface area contributed by atoms with E-state index < -0.39 is 0 Å². The number of phenolic OH excluding ortho intramolecular Hbond substituents is 1. The molecule has 0 aliphatic heterocycles. The molecule has 0 aromatic heterocycles.